The summed E-state index contributed by atoms with van der Waals surface area (Å²) in [6.07, 6.45) is 0.579. The van der Waals surface area contributed by atoms with Gasteiger partial charge < -0.3 is 11.5 Å². The predicted molar refractivity (Wildman–Crippen MR) is 36.9 cm³/mol. The van der Waals surface area contributed by atoms with Crippen molar-refractivity contribution in [1.29, 1.82) is 0 Å². The Labute approximate surface area is 55.4 Å². The predicted octanol–water partition coefficient (Wildman–Crippen LogP) is -0.360. The molecule has 3 nitrogen and oxygen atoms in total. The Morgan fingerprint density at radius 3 is 2.11 bits per heavy atom. The summed E-state index contributed by atoms with van der Waals surface area (Å²) in [5.74, 6) is 0.00676. The van der Waals surface area contributed by atoms with E-state index in [9.17, 15) is 4.79 Å². The zero-order valence-corrected chi connectivity index (χ0v) is 5.92. The van der Waals surface area contributed by atoms with Gasteiger partial charge in [0.15, 0.2) is 0 Å². The lowest BCUT2D eigenvalue weighted by atomic mass is 10.1. The minimum Gasteiger partial charge on any atom is -0.328 e. The van der Waals surface area contributed by atoms with Crippen molar-refractivity contribution in [2.45, 2.75) is 32.4 Å². The minimum atomic E-state index is -0.370. The van der Waals surface area contributed by atoms with Gasteiger partial charge in [-0.25, -0.2) is 0 Å². The molecule has 4 N–H and O–H groups in total. The molecule has 0 heterocycles. The van der Waals surface area contributed by atoms with E-state index in [4.69, 9.17) is 11.5 Å². The van der Waals surface area contributed by atoms with E-state index in [1.165, 1.54) is 6.92 Å². The van der Waals surface area contributed by atoms with Crippen LogP contribution >= 0.6 is 0 Å². The van der Waals surface area contributed by atoms with E-state index in [0.29, 0.717) is 6.42 Å². The zero-order chi connectivity index (χ0) is 7.44. The minimum absolute atomic E-state index is 0.00676. The number of hydrogen-bond donors (Lipinski definition) is 2. The molecule has 0 aromatic rings. The van der Waals surface area contributed by atoms with Gasteiger partial charge in [-0.2, -0.15) is 0 Å². The van der Waals surface area contributed by atoms with Crippen LogP contribution < -0.4 is 11.5 Å². The molecule has 0 aromatic heterocycles. The van der Waals surface area contributed by atoms with Crippen molar-refractivity contribution >= 4 is 5.78 Å². The van der Waals surface area contributed by atoms with E-state index >= 15 is 0 Å². The van der Waals surface area contributed by atoms with Crippen LogP contribution in [0.1, 0.15) is 20.3 Å². The van der Waals surface area contributed by atoms with Crippen LogP contribution in [-0.2, 0) is 4.79 Å². The average molecular weight is 130 g/mol. The molecule has 0 rings (SSSR count). The third-order valence-corrected chi connectivity index (χ3v) is 1.15. The van der Waals surface area contributed by atoms with Crippen LogP contribution in [0.25, 0.3) is 0 Å². The first-order valence-corrected chi connectivity index (χ1v) is 3.05. The molecule has 0 saturated heterocycles. The number of Topliss-reactive ketones (excluding diaryl/α,β-unsaturated/α-hetero) is 1. The van der Waals surface area contributed by atoms with Gasteiger partial charge in [0.1, 0.15) is 5.78 Å². The molecule has 0 aliphatic rings. The van der Waals surface area contributed by atoms with Crippen LogP contribution in [-0.4, -0.2) is 17.9 Å². The molecule has 0 aromatic carbocycles. The summed E-state index contributed by atoms with van der Waals surface area (Å²) in [5, 5.41) is 0. The quantitative estimate of drug-likeness (QED) is 0.548. The highest BCUT2D eigenvalue weighted by molar-refractivity contribution is 5.81. The number of hydrogen-bond acceptors (Lipinski definition) is 3. The molecule has 2 atom stereocenters. The molecular weight excluding hydrogens is 116 g/mol. The molecule has 0 amide bonds. The Balaban J connectivity index is 3.50. The van der Waals surface area contributed by atoms with Gasteiger partial charge in [0.05, 0.1) is 6.04 Å². The molecule has 0 saturated carbocycles. The molecule has 2 unspecified atom stereocenters. The maximum atomic E-state index is 10.5. The topological polar surface area (TPSA) is 69.1 Å². The van der Waals surface area contributed by atoms with Gasteiger partial charge in [0.25, 0.3) is 0 Å². The maximum absolute atomic E-state index is 10.5. The van der Waals surface area contributed by atoms with Crippen LogP contribution in [0.15, 0.2) is 0 Å². The fourth-order valence-electron chi connectivity index (χ4n) is 0.567. The van der Waals surface area contributed by atoms with E-state index in [-0.39, 0.29) is 17.9 Å². The summed E-state index contributed by atoms with van der Waals surface area (Å²) in [6.45, 7) is 3.32. The zero-order valence-electron chi connectivity index (χ0n) is 5.92. The van der Waals surface area contributed by atoms with Crippen LogP contribution in [0.5, 0.6) is 0 Å². The average Bonchev–Trinajstić information content (AvgIpc) is 1.63. The second kappa shape index (κ2) is 3.58. The van der Waals surface area contributed by atoms with E-state index in [2.05, 4.69) is 0 Å². The molecule has 0 radical (unpaired) electrons. The number of nitrogens with two attached hydrogens (primary N) is 2. The smallest absolute Gasteiger partial charge is 0.146 e. The summed E-state index contributed by atoms with van der Waals surface area (Å²) in [7, 11) is 0. The SMILES string of the molecule is CC(=O)C(N)CC(C)N. The normalized spacial score (nSPS) is 16.9. The van der Waals surface area contributed by atoms with E-state index in [1.54, 1.807) is 0 Å². The first kappa shape index (κ1) is 8.59. The van der Waals surface area contributed by atoms with Crippen molar-refractivity contribution in [3.8, 4) is 0 Å². The Hall–Kier alpha value is -0.410. The first-order chi connectivity index (χ1) is 4.04. The Kier molecular flexibility index (Phi) is 3.42. The van der Waals surface area contributed by atoms with Crippen molar-refractivity contribution in [3.05, 3.63) is 0 Å². The molecule has 0 fully saturated rings. The third-order valence-electron chi connectivity index (χ3n) is 1.15. The van der Waals surface area contributed by atoms with Crippen LogP contribution in [0.3, 0.4) is 0 Å². The van der Waals surface area contributed by atoms with Gasteiger partial charge in [0, 0.05) is 6.04 Å². The van der Waals surface area contributed by atoms with Crippen molar-refractivity contribution in [1.82, 2.24) is 0 Å². The largest absolute Gasteiger partial charge is 0.328 e. The van der Waals surface area contributed by atoms with Gasteiger partial charge in [-0.1, -0.05) is 0 Å². The summed E-state index contributed by atoms with van der Waals surface area (Å²) in [5.41, 5.74) is 10.8. The third kappa shape index (κ3) is 4.12. The number of carbonyl (C=O) groups is 1. The van der Waals surface area contributed by atoms with Crippen LogP contribution in [0, 0.1) is 0 Å². The van der Waals surface area contributed by atoms with Gasteiger partial charge in [0.2, 0.25) is 0 Å². The molecule has 0 aliphatic carbocycles. The van der Waals surface area contributed by atoms with Crippen molar-refractivity contribution in [2.24, 2.45) is 11.5 Å². The van der Waals surface area contributed by atoms with E-state index in [1.807, 2.05) is 6.92 Å². The second-order valence-electron chi connectivity index (χ2n) is 2.43. The molecule has 0 aliphatic heterocycles. The fourth-order valence-corrected chi connectivity index (χ4v) is 0.567. The summed E-state index contributed by atoms with van der Waals surface area (Å²) < 4.78 is 0. The molecule has 0 bridgehead atoms. The molecule has 0 spiro atoms. The highest BCUT2D eigenvalue weighted by Gasteiger charge is 2.08. The lowest BCUT2D eigenvalue weighted by Gasteiger charge is -2.09. The standard InChI is InChI=1S/C6H14N2O/c1-4(7)3-6(8)5(2)9/h4,6H,3,7-8H2,1-2H3. The number of carbonyl (C=O) groups excluding carboxylic acids is 1. The lowest BCUT2D eigenvalue weighted by molar-refractivity contribution is -0.118. The highest BCUT2D eigenvalue weighted by atomic mass is 16.1. The Morgan fingerprint density at radius 2 is 2.00 bits per heavy atom. The summed E-state index contributed by atoms with van der Waals surface area (Å²) in [4.78, 5) is 10.5. The van der Waals surface area contributed by atoms with Crippen LogP contribution in [0.2, 0.25) is 0 Å². The van der Waals surface area contributed by atoms with E-state index < -0.39 is 0 Å². The van der Waals surface area contributed by atoms with Crippen molar-refractivity contribution in [2.75, 3.05) is 0 Å². The summed E-state index contributed by atoms with van der Waals surface area (Å²) >= 11 is 0. The molecule has 3 heteroatoms. The maximum Gasteiger partial charge on any atom is 0.146 e. The lowest BCUT2D eigenvalue weighted by Crippen LogP contribution is -2.34. The molecule has 9 heavy (non-hydrogen) atoms. The van der Waals surface area contributed by atoms with Crippen LogP contribution in [0.4, 0.5) is 0 Å². The van der Waals surface area contributed by atoms with Crippen molar-refractivity contribution < 1.29 is 4.79 Å². The molecule has 54 valence electrons. The number of rotatable bonds is 3. The Morgan fingerprint density at radius 1 is 1.56 bits per heavy atom. The van der Waals surface area contributed by atoms with Gasteiger partial charge in [-0.15, -0.1) is 0 Å². The number of ketones is 1. The van der Waals surface area contributed by atoms with Crippen molar-refractivity contribution in [3.63, 3.8) is 0 Å². The monoisotopic (exact) mass is 130 g/mol. The van der Waals surface area contributed by atoms with E-state index in [0.717, 1.165) is 0 Å². The highest BCUT2D eigenvalue weighted by Crippen LogP contribution is 1.92. The Bertz CT molecular complexity index is 101. The summed E-state index contributed by atoms with van der Waals surface area (Å²) in [6, 6.07) is -0.353. The molecular formula is C6H14N2O. The van der Waals surface area contributed by atoms with Gasteiger partial charge >= 0.3 is 0 Å². The van der Waals surface area contributed by atoms with Gasteiger partial charge in [-0.05, 0) is 20.3 Å². The second-order valence-corrected chi connectivity index (χ2v) is 2.43. The fraction of sp³-hybridized carbons (Fsp3) is 0.833. The first-order valence-electron chi connectivity index (χ1n) is 3.05. The van der Waals surface area contributed by atoms with Gasteiger partial charge in [-0.3, -0.25) is 4.79 Å².